The number of imidazole rings is 1. The van der Waals surface area contributed by atoms with Crippen molar-refractivity contribution < 1.29 is 9.59 Å². The van der Waals surface area contributed by atoms with Gasteiger partial charge >= 0.3 is 0 Å². The first-order valence-electron chi connectivity index (χ1n) is 9.45. The number of hydrogen-bond donors (Lipinski definition) is 2. The van der Waals surface area contributed by atoms with Crippen LogP contribution in [0.5, 0.6) is 0 Å². The van der Waals surface area contributed by atoms with Crippen LogP contribution in [-0.4, -0.2) is 21.4 Å². The summed E-state index contributed by atoms with van der Waals surface area (Å²) in [5.74, 6) is -0.301. The number of anilines is 2. The highest BCUT2D eigenvalue weighted by Crippen LogP contribution is 2.23. The molecule has 1 aliphatic heterocycles. The Bertz CT molecular complexity index is 1010. The summed E-state index contributed by atoms with van der Waals surface area (Å²) in [5.41, 5.74) is 3.69. The number of amides is 2. The zero-order chi connectivity index (χ0) is 19.5. The number of carbonyl (C=O) groups excluding carboxylic acids is 2. The van der Waals surface area contributed by atoms with Gasteiger partial charge in [0.2, 0.25) is 0 Å². The van der Waals surface area contributed by atoms with Gasteiger partial charge in [0.25, 0.3) is 11.8 Å². The smallest absolute Gasteiger partial charge is 0.291 e. The second-order valence-electron chi connectivity index (χ2n) is 6.98. The molecule has 0 saturated heterocycles. The first-order valence-corrected chi connectivity index (χ1v) is 9.45. The number of carbonyl (C=O) groups is 2. The van der Waals surface area contributed by atoms with E-state index in [4.69, 9.17) is 0 Å². The van der Waals surface area contributed by atoms with Gasteiger partial charge in [-0.25, -0.2) is 4.98 Å². The maximum Gasteiger partial charge on any atom is 0.291 e. The molecule has 1 aromatic heterocycles. The molecule has 0 saturated carbocycles. The molecular formula is C22H22N4O2. The minimum absolute atomic E-state index is 0.284. The quantitative estimate of drug-likeness (QED) is 0.724. The van der Waals surface area contributed by atoms with Crippen molar-refractivity contribution in [2.45, 2.75) is 32.7 Å². The van der Waals surface area contributed by atoms with E-state index in [1.165, 1.54) is 0 Å². The van der Waals surface area contributed by atoms with Crippen molar-refractivity contribution in [3.05, 3.63) is 77.4 Å². The van der Waals surface area contributed by atoms with E-state index >= 15 is 0 Å². The molecular weight excluding hydrogens is 352 g/mol. The molecule has 4 rings (SSSR count). The van der Waals surface area contributed by atoms with Crippen LogP contribution in [0.1, 0.15) is 45.2 Å². The summed E-state index contributed by atoms with van der Waals surface area (Å²) in [4.78, 5) is 30.1. The van der Waals surface area contributed by atoms with E-state index in [-0.39, 0.29) is 17.6 Å². The predicted molar refractivity (Wildman–Crippen MR) is 109 cm³/mol. The van der Waals surface area contributed by atoms with E-state index < -0.39 is 0 Å². The second-order valence-corrected chi connectivity index (χ2v) is 6.98. The summed E-state index contributed by atoms with van der Waals surface area (Å²) in [6.07, 6.45) is 2.69. The highest BCUT2D eigenvalue weighted by atomic mass is 16.2. The van der Waals surface area contributed by atoms with Gasteiger partial charge in [-0.1, -0.05) is 35.9 Å². The largest absolute Gasteiger partial charge is 0.323 e. The zero-order valence-electron chi connectivity index (χ0n) is 15.7. The number of aryl methyl sites for hydroxylation is 1. The van der Waals surface area contributed by atoms with E-state index in [2.05, 4.69) is 15.6 Å². The van der Waals surface area contributed by atoms with Gasteiger partial charge < -0.3 is 15.2 Å². The number of para-hydroxylation sites is 1. The lowest BCUT2D eigenvalue weighted by molar-refractivity contribution is 0.101. The van der Waals surface area contributed by atoms with Crippen LogP contribution in [-0.2, 0) is 13.0 Å². The molecule has 2 aromatic carbocycles. The van der Waals surface area contributed by atoms with Crippen molar-refractivity contribution in [3.63, 3.8) is 0 Å². The number of nitrogens with zero attached hydrogens (tertiary/aromatic N) is 2. The van der Waals surface area contributed by atoms with Crippen molar-refractivity contribution in [2.24, 2.45) is 0 Å². The Kier molecular flexibility index (Phi) is 4.93. The van der Waals surface area contributed by atoms with Crippen LogP contribution in [0, 0.1) is 6.92 Å². The third-order valence-corrected chi connectivity index (χ3v) is 4.88. The number of fused-ring (bicyclic) bond motifs is 1. The summed E-state index contributed by atoms with van der Waals surface area (Å²) in [6.45, 7) is 2.69. The van der Waals surface area contributed by atoms with Crippen LogP contribution in [0.15, 0.2) is 54.6 Å². The molecule has 2 N–H and O–H groups in total. The maximum atomic E-state index is 12.8. The SMILES string of the molecule is Cc1ccc(NC(=O)c2nc(C(=O)Nc3ccccc3)n3c2CCCC3)cc1. The third-order valence-electron chi connectivity index (χ3n) is 4.88. The predicted octanol–water partition coefficient (Wildman–Crippen LogP) is 4.03. The molecule has 0 fully saturated rings. The summed E-state index contributed by atoms with van der Waals surface area (Å²) in [6, 6.07) is 16.9. The Balaban J connectivity index is 1.62. The first-order chi connectivity index (χ1) is 13.6. The summed E-state index contributed by atoms with van der Waals surface area (Å²) in [7, 11) is 0. The van der Waals surface area contributed by atoms with Crippen LogP contribution in [0.2, 0.25) is 0 Å². The minimum atomic E-state index is -0.302. The Morgan fingerprint density at radius 2 is 1.57 bits per heavy atom. The maximum absolute atomic E-state index is 12.8. The van der Waals surface area contributed by atoms with Crippen molar-refractivity contribution in [2.75, 3.05) is 10.6 Å². The molecule has 2 amide bonds. The Morgan fingerprint density at radius 3 is 2.32 bits per heavy atom. The van der Waals surface area contributed by atoms with Gasteiger partial charge in [0.1, 0.15) is 0 Å². The van der Waals surface area contributed by atoms with Crippen molar-refractivity contribution in [3.8, 4) is 0 Å². The normalized spacial score (nSPS) is 12.9. The minimum Gasteiger partial charge on any atom is -0.323 e. The monoisotopic (exact) mass is 374 g/mol. The van der Waals surface area contributed by atoms with Crippen LogP contribution in [0.3, 0.4) is 0 Å². The summed E-state index contributed by atoms with van der Waals surface area (Å²) < 4.78 is 1.88. The molecule has 6 heteroatoms. The molecule has 2 heterocycles. The summed E-state index contributed by atoms with van der Waals surface area (Å²) >= 11 is 0. The van der Waals surface area contributed by atoms with Gasteiger partial charge in [-0.2, -0.15) is 0 Å². The van der Waals surface area contributed by atoms with E-state index in [1.54, 1.807) is 0 Å². The Morgan fingerprint density at radius 1 is 0.893 bits per heavy atom. The molecule has 0 bridgehead atoms. The standard InChI is InChI=1S/C22H22N4O2/c1-15-10-12-17(13-11-15)23-21(27)19-18-9-5-6-14-26(18)20(25-19)22(28)24-16-7-3-2-4-8-16/h2-4,7-8,10-13H,5-6,9,14H2,1H3,(H,23,27)(H,24,28). The van der Waals surface area contributed by atoms with Crippen LogP contribution < -0.4 is 10.6 Å². The molecule has 6 nitrogen and oxygen atoms in total. The number of hydrogen-bond acceptors (Lipinski definition) is 3. The van der Waals surface area contributed by atoms with E-state index in [9.17, 15) is 9.59 Å². The van der Waals surface area contributed by atoms with Crippen molar-refractivity contribution in [1.29, 1.82) is 0 Å². The molecule has 0 unspecified atom stereocenters. The molecule has 0 spiro atoms. The fraction of sp³-hybridized carbons (Fsp3) is 0.227. The van der Waals surface area contributed by atoms with E-state index in [1.807, 2.05) is 66.1 Å². The lowest BCUT2D eigenvalue weighted by Gasteiger charge is -2.17. The number of nitrogens with one attached hydrogen (secondary N) is 2. The van der Waals surface area contributed by atoms with Gasteiger partial charge in [-0.05, 0) is 50.5 Å². The van der Waals surface area contributed by atoms with Gasteiger partial charge in [0.05, 0.1) is 5.69 Å². The van der Waals surface area contributed by atoms with Crippen molar-refractivity contribution in [1.82, 2.24) is 9.55 Å². The fourth-order valence-electron chi connectivity index (χ4n) is 3.43. The van der Waals surface area contributed by atoms with Crippen LogP contribution in [0.25, 0.3) is 0 Å². The van der Waals surface area contributed by atoms with E-state index in [0.717, 1.165) is 30.5 Å². The highest BCUT2D eigenvalue weighted by Gasteiger charge is 2.27. The average Bonchev–Trinajstić information content (AvgIpc) is 3.10. The molecule has 28 heavy (non-hydrogen) atoms. The fourth-order valence-corrected chi connectivity index (χ4v) is 3.43. The Labute approximate surface area is 163 Å². The lowest BCUT2D eigenvalue weighted by atomic mass is 10.1. The van der Waals surface area contributed by atoms with E-state index in [0.29, 0.717) is 23.6 Å². The van der Waals surface area contributed by atoms with Gasteiger partial charge in [-0.15, -0.1) is 0 Å². The van der Waals surface area contributed by atoms with Gasteiger partial charge in [0, 0.05) is 17.9 Å². The molecule has 1 aliphatic rings. The number of benzene rings is 2. The molecule has 3 aromatic rings. The van der Waals surface area contributed by atoms with Crippen LogP contribution >= 0.6 is 0 Å². The highest BCUT2D eigenvalue weighted by molar-refractivity contribution is 6.07. The van der Waals surface area contributed by atoms with Crippen molar-refractivity contribution >= 4 is 23.2 Å². The zero-order valence-corrected chi connectivity index (χ0v) is 15.7. The lowest BCUT2D eigenvalue weighted by Crippen LogP contribution is -2.21. The first kappa shape index (κ1) is 18.0. The topological polar surface area (TPSA) is 76.0 Å². The number of rotatable bonds is 4. The summed E-state index contributed by atoms with van der Waals surface area (Å²) in [5, 5.41) is 5.75. The molecule has 142 valence electrons. The van der Waals surface area contributed by atoms with Crippen LogP contribution in [0.4, 0.5) is 11.4 Å². The van der Waals surface area contributed by atoms with Gasteiger partial charge in [0.15, 0.2) is 11.5 Å². The molecule has 0 atom stereocenters. The second kappa shape index (κ2) is 7.68. The average molecular weight is 374 g/mol. The molecule has 0 aliphatic carbocycles. The van der Waals surface area contributed by atoms with Gasteiger partial charge in [-0.3, -0.25) is 9.59 Å². The Hall–Kier alpha value is -3.41. The number of aromatic nitrogens is 2. The molecule has 0 radical (unpaired) electrons. The third kappa shape index (κ3) is 3.67.